The average molecular weight is 300 g/mol. The molecule has 1 saturated heterocycles. The van der Waals surface area contributed by atoms with Gasteiger partial charge in [0.05, 0.1) is 5.41 Å². The maximum absolute atomic E-state index is 13.0. The number of hydrogen-bond donors (Lipinski definition) is 2. The molecule has 2 N–H and O–H groups in total. The molecule has 3 heteroatoms. The molecular formula is C19H28N2O. The number of fused-ring (bicyclic) bond motifs is 1. The summed E-state index contributed by atoms with van der Waals surface area (Å²) in [6, 6.07) is 10.6. The second kappa shape index (κ2) is 6.41. The van der Waals surface area contributed by atoms with Crippen molar-refractivity contribution in [2.24, 2.45) is 11.3 Å². The zero-order valence-corrected chi connectivity index (χ0v) is 13.8. The normalized spacial score (nSPS) is 30.4. The molecule has 3 nitrogen and oxygen atoms in total. The lowest BCUT2D eigenvalue weighted by atomic mass is 9.67. The Kier molecular flexibility index (Phi) is 4.53. The Balaban J connectivity index is 1.68. The monoisotopic (exact) mass is 300 g/mol. The van der Waals surface area contributed by atoms with Crippen molar-refractivity contribution in [3.8, 4) is 0 Å². The highest BCUT2D eigenvalue weighted by atomic mass is 16.2. The van der Waals surface area contributed by atoms with Crippen LogP contribution in [0.25, 0.3) is 0 Å². The second-order valence-corrected chi connectivity index (χ2v) is 7.19. The van der Waals surface area contributed by atoms with Gasteiger partial charge in [0.25, 0.3) is 0 Å². The highest BCUT2D eigenvalue weighted by molar-refractivity contribution is 5.84. The molecule has 0 bridgehead atoms. The summed E-state index contributed by atoms with van der Waals surface area (Å²) in [6.45, 7) is 6.20. The van der Waals surface area contributed by atoms with E-state index in [2.05, 4.69) is 48.7 Å². The minimum Gasteiger partial charge on any atom is -0.353 e. The smallest absolute Gasteiger partial charge is 0.228 e. The summed E-state index contributed by atoms with van der Waals surface area (Å²) < 4.78 is 0. The molecule has 0 spiro atoms. The van der Waals surface area contributed by atoms with E-state index >= 15 is 0 Å². The highest BCUT2D eigenvalue weighted by Gasteiger charge is 2.50. The molecule has 0 radical (unpaired) electrons. The van der Waals surface area contributed by atoms with E-state index in [4.69, 9.17) is 0 Å². The summed E-state index contributed by atoms with van der Waals surface area (Å²) in [4.78, 5) is 13.0. The van der Waals surface area contributed by atoms with E-state index in [0.717, 1.165) is 19.5 Å². The third kappa shape index (κ3) is 2.79. The van der Waals surface area contributed by atoms with Crippen LogP contribution in [0, 0.1) is 11.3 Å². The van der Waals surface area contributed by atoms with Crippen LogP contribution < -0.4 is 10.6 Å². The molecule has 1 aliphatic heterocycles. The Morgan fingerprint density at radius 3 is 2.82 bits per heavy atom. The largest absolute Gasteiger partial charge is 0.353 e. The van der Waals surface area contributed by atoms with Crippen LogP contribution in [-0.4, -0.2) is 25.0 Å². The van der Waals surface area contributed by atoms with Crippen molar-refractivity contribution in [1.29, 1.82) is 0 Å². The van der Waals surface area contributed by atoms with Crippen molar-refractivity contribution in [3.05, 3.63) is 35.9 Å². The molecule has 1 aromatic rings. The summed E-state index contributed by atoms with van der Waals surface area (Å²) in [5.74, 6) is 1.14. The molecule has 1 saturated carbocycles. The number of hydrogen-bond acceptors (Lipinski definition) is 2. The van der Waals surface area contributed by atoms with Crippen LogP contribution in [-0.2, 0) is 4.79 Å². The second-order valence-electron chi connectivity index (χ2n) is 7.19. The number of carbonyl (C=O) groups excluding carboxylic acids is 1. The first-order valence-corrected chi connectivity index (χ1v) is 8.70. The van der Waals surface area contributed by atoms with Crippen molar-refractivity contribution >= 4 is 5.91 Å². The van der Waals surface area contributed by atoms with Gasteiger partial charge in [0.1, 0.15) is 0 Å². The summed E-state index contributed by atoms with van der Waals surface area (Å²) >= 11 is 0. The standard InChI is InChI=1S/C19H28N2O/c1-14(16-8-4-3-5-9-16)15(2)21-18(22)19-11-7-6-10-17(19)12-20-13-19/h3-5,8-9,14-15,17,20H,6-7,10-13H2,1-2H3,(H,21,22)/t14?,15?,17-,19+/m0/s1. The zero-order chi connectivity index (χ0) is 15.6. The van der Waals surface area contributed by atoms with Gasteiger partial charge < -0.3 is 10.6 Å². The number of nitrogens with one attached hydrogen (secondary N) is 2. The predicted octanol–water partition coefficient (Wildman–Crippen LogP) is 3.07. The van der Waals surface area contributed by atoms with Gasteiger partial charge in [0.2, 0.25) is 5.91 Å². The van der Waals surface area contributed by atoms with Crippen LogP contribution in [0.1, 0.15) is 51.0 Å². The summed E-state index contributed by atoms with van der Waals surface area (Å²) in [7, 11) is 0. The van der Waals surface area contributed by atoms with E-state index in [1.165, 1.54) is 24.8 Å². The van der Waals surface area contributed by atoms with E-state index < -0.39 is 0 Å². The molecular weight excluding hydrogens is 272 g/mol. The molecule has 2 aliphatic rings. The minimum absolute atomic E-state index is 0.150. The molecule has 2 fully saturated rings. The Morgan fingerprint density at radius 2 is 2.05 bits per heavy atom. The molecule has 3 rings (SSSR count). The number of carbonyl (C=O) groups is 1. The van der Waals surface area contributed by atoms with Crippen molar-refractivity contribution in [3.63, 3.8) is 0 Å². The maximum Gasteiger partial charge on any atom is 0.228 e. The lowest BCUT2D eigenvalue weighted by molar-refractivity contribution is -0.134. The van der Waals surface area contributed by atoms with E-state index in [1.54, 1.807) is 0 Å². The van der Waals surface area contributed by atoms with Gasteiger partial charge in [-0.15, -0.1) is 0 Å². The number of amides is 1. The maximum atomic E-state index is 13.0. The fourth-order valence-corrected chi connectivity index (χ4v) is 4.21. The van der Waals surface area contributed by atoms with Crippen molar-refractivity contribution in [1.82, 2.24) is 10.6 Å². The van der Waals surface area contributed by atoms with Gasteiger partial charge in [-0.25, -0.2) is 0 Å². The molecule has 1 amide bonds. The van der Waals surface area contributed by atoms with E-state index in [9.17, 15) is 4.79 Å². The number of benzene rings is 1. The lowest BCUT2D eigenvalue weighted by Gasteiger charge is -2.38. The van der Waals surface area contributed by atoms with Gasteiger partial charge in [-0.1, -0.05) is 50.1 Å². The average Bonchev–Trinajstić information content (AvgIpc) is 3.00. The summed E-state index contributed by atoms with van der Waals surface area (Å²) in [5.41, 5.74) is 1.14. The van der Waals surface area contributed by atoms with Gasteiger partial charge >= 0.3 is 0 Å². The molecule has 120 valence electrons. The van der Waals surface area contributed by atoms with Crippen LogP contribution in [0.4, 0.5) is 0 Å². The fourth-order valence-electron chi connectivity index (χ4n) is 4.21. The van der Waals surface area contributed by atoms with Gasteiger partial charge in [-0.2, -0.15) is 0 Å². The summed E-state index contributed by atoms with van der Waals surface area (Å²) in [5, 5.41) is 6.79. The quantitative estimate of drug-likeness (QED) is 0.897. The van der Waals surface area contributed by atoms with E-state index in [-0.39, 0.29) is 17.4 Å². The predicted molar refractivity (Wildman–Crippen MR) is 89.7 cm³/mol. The first-order chi connectivity index (χ1) is 10.6. The SMILES string of the molecule is CC(NC(=O)[C@@]12CCCC[C@H]1CNC2)C(C)c1ccccc1. The Bertz CT molecular complexity index is 515. The third-order valence-corrected chi connectivity index (χ3v) is 5.92. The third-order valence-electron chi connectivity index (χ3n) is 5.92. The van der Waals surface area contributed by atoms with Crippen molar-refractivity contribution in [2.45, 2.75) is 51.5 Å². The van der Waals surface area contributed by atoms with E-state index in [1.807, 2.05) is 6.07 Å². The molecule has 1 heterocycles. The molecule has 4 atom stereocenters. The highest BCUT2D eigenvalue weighted by Crippen LogP contribution is 2.44. The lowest BCUT2D eigenvalue weighted by Crippen LogP contribution is -2.51. The molecule has 1 aliphatic carbocycles. The van der Waals surface area contributed by atoms with Gasteiger partial charge in [0, 0.05) is 18.5 Å². The first-order valence-electron chi connectivity index (χ1n) is 8.70. The van der Waals surface area contributed by atoms with E-state index in [0.29, 0.717) is 11.8 Å². The Hall–Kier alpha value is -1.35. The Labute approximate surface area is 133 Å². The van der Waals surface area contributed by atoms with Crippen LogP contribution in [0.5, 0.6) is 0 Å². The fraction of sp³-hybridized carbons (Fsp3) is 0.632. The molecule has 2 unspecified atom stereocenters. The van der Waals surface area contributed by atoms with Crippen LogP contribution in [0.15, 0.2) is 30.3 Å². The van der Waals surface area contributed by atoms with Crippen molar-refractivity contribution < 1.29 is 4.79 Å². The summed E-state index contributed by atoms with van der Waals surface area (Å²) in [6.07, 6.45) is 4.71. The first kappa shape index (κ1) is 15.5. The van der Waals surface area contributed by atoms with Gasteiger partial charge in [-0.05, 0) is 37.8 Å². The zero-order valence-electron chi connectivity index (χ0n) is 13.8. The van der Waals surface area contributed by atoms with Gasteiger partial charge in [0.15, 0.2) is 0 Å². The molecule has 22 heavy (non-hydrogen) atoms. The van der Waals surface area contributed by atoms with Crippen molar-refractivity contribution in [2.75, 3.05) is 13.1 Å². The van der Waals surface area contributed by atoms with Crippen LogP contribution in [0.3, 0.4) is 0 Å². The Morgan fingerprint density at radius 1 is 1.27 bits per heavy atom. The van der Waals surface area contributed by atoms with Crippen LogP contribution >= 0.6 is 0 Å². The molecule has 0 aromatic heterocycles. The minimum atomic E-state index is -0.150. The van der Waals surface area contributed by atoms with Crippen LogP contribution in [0.2, 0.25) is 0 Å². The topological polar surface area (TPSA) is 41.1 Å². The van der Waals surface area contributed by atoms with Gasteiger partial charge in [-0.3, -0.25) is 4.79 Å². The number of rotatable bonds is 4. The molecule has 1 aromatic carbocycles.